The second-order valence-electron chi connectivity index (χ2n) is 4.03. The van der Waals surface area contributed by atoms with E-state index in [0.29, 0.717) is 0 Å². The number of hydrogen-bond acceptors (Lipinski definition) is 0. The fourth-order valence-electron chi connectivity index (χ4n) is 1.60. The molecule has 0 spiro atoms. The molecule has 2 aliphatic heterocycles. The van der Waals surface area contributed by atoms with Gasteiger partial charge in [-0.1, -0.05) is 0 Å². The van der Waals surface area contributed by atoms with E-state index >= 15 is 0 Å². The Morgan fingerprint density at radius 3 is 1.35 bits per heavy atom. The van der Waals surface area contributed by atoms with Crippen LogP contribution in [0.2, 0.25) is 0 Å². The topological polar surface area (TPSA) is 0 Å². The Morgan fingerprint density at radius 1 is 0.765 bits per heavy atom. The maximum Gasteiger partial charge on any atom is -1.00 e. The molecule has 0 saturated heterocycles. The monoisotopic (exact) mass is 470 g/mol. The molecule has 92 valence electrons. The van der Waals surface area contributed by atoms with Crippen molar-refractivity contribution in [3.63, 3.8) is 0 Å². The molecule has 0 aromatic heterocycles. The number of halogens is 2. The van der Waals surface area contributed by atoms with Gasteiger partial charge < -0.3 is 24.8 Å². The van der Waals surface area contributed by atoms with Crippen LogP contribution in [0.3, 0.4) is 0 Å². The molecule has 2 unspecified atom stereocenters. The van der Waals surface area contributed by atoms with E-state index in [0.717, 1.165) is 0 Å². The molecular weight excluding hydrogens is 456 g/mol. The van der Waals surface area contributed by atoms with E-state index in [2.05, 4.69) is 37.4 Å². The molecular formula is C12H16As2Cl2Zr. The molecule has 5 heteroatoms. The third kappa shape index (κ3) is 4.26. The average molecular weight is 472 g/mol. The summed E-state index contributed by atoms with van der Waals surface area (Å²) in [5.74, 6) is 0. The molecule has 0 radical (unpaired) electrons. The summed E-state index contributed by atoms with van der Waals surface area (Å²) in [4.78, 5) is 5.22. The summed E-state index contributed by atoms with van der Waals surface area (Å²) < 4.78 is 7.03. The first kappa shape index (κ1) is 18.5. The Kier molecular flexibility index (Phi) is 8.69. The van der Waals surface area contributed by atoms with E-state index in [1.807, 2.05) is 0 Å². The molecule has 0 N–H and O–H groups in total. The zero-order valence-electron chi connectivity index (χ0n) is 10.4. The molecule has 0 nitrogen and oxygen atoms in total. The molecule has 2 heterocycles. The summed E-state index contributed by atoms with van der Waals surface area (Å²) in [5.41, 5.74) is 3.33. The van der Waals surface area contributed by atoms with Crippen LogP contribution < -0.4 is 24.8 Å². The second-order valence-corrected chi connectivity index (χ2v) is 12.9. The summed E-state index contributed by atoms with van der Waals surface area (Å²) >= 11 is -0.123. The van der Waals surface area contributed by atoms with Crippen LogP contribution in [0.15, 0.2) is 36.2 Å². The Hall–Kier alpha value is 1.54. The minimum Gasteiger partial charge on any atom is -1.00 e. The van der Waals surface area contributed by atoms with Gasteiger partial charge in [0.25, 0.3) is 0 Å². The van der Waals surface area contributed by atoms with Crippen molar-refractivity contribution in [3.8, 4) is 0 Å². The van der Waals surface area contributed by atoms with Crippen molar-refractivity contribution in [2.24, 2.45) is 0 Å². The maximum absolute atomic E-state index is 2.61. The second kappa shape index (κ2) is 7.97. The molecule has 0 bridgehead atoms. The van der Waals surface area contributed by atoms with Gasteiger partial charge in [-0.05, 0) is 0 Å². The SMILES string of the molecule is CC1=C(C)[C]([Zr+2][C]2=C[AsH]C(C)=C2C)=C[AsH]1.[Cl-].[Cl-]. The first-order valence-electron chi connectivity index (χ1n) is 5.15. The Labute approximate surface area is 142 Å². The van der Waals surface area contributed by atoms with Crippen LogP contribution >= 0.6 is 0 Å². The van der Waals surface area contributed by atoms with Gasteiger partial charge in [0.05, 0.1) is 0 Å². The zero-order valence-corrected chi connectivity index (χ0v) is 18.6. The fourth-order valence-corrected chi connectivity index (χ4v) is 13.3. The normalized spacial score (nSPS) is 21.2. The van der Waals surface area contributed by atoms with E-state index in [1.165, 1.54) is 0 Å². The Balaban J connectivity index is 0.00000128. The Bertz CT molecular complexity index is 394. The largest absolute Gasteiger partial charge is 1.00 e. The summed E-state index contributed by atoms with van der Waals surface area (Å²) in [6.45, 7) is 9.36. The van der Waals surface area contributed by atoms with Gasteiger partial charge in [0.1, 0.15) is 0 Å². The van der Waals surface area contributed by atoms with E-state index in [4.69, 9.17) is 0 Å². The van der Waals surface area contributed by atoms with Crippen LogP contribution in [0, 0.1) is 0 Å². The summed E-state index contributed by atoms with van der Waals surface area (Å²) in [6.07, 6.45) is 0. The van der Waals surface area contributed by atoms with Crippen molar-refractivity contribution >= 4 is 31.5 Å². The minimum absolute atomic E-state index is 0. The van der Waals surface area contributed by atoms with Gasteiger partial charge >= 0.3 is 119 Å². The third-order valence-corrected chi connectivity index (χ3v) is 15.1. The van der Waals surface area contributed by atoms with Crippen molar-refractivity contribution in [1.82, 2.24) is 0 Å². The standard InChI is InChI=1S/2C6H8As.2ClH.Zr/c2*1-5-3-4-7-6(5)2;;;/h2*4,7H,1-2H3;2*1H;/q;;;;+2/p-2. The van der Waals surface area contributed by atoms with Gasteiger partial charge in [-0.3, -0.25) is 0 Å². The van der Waals surface area contributed by atoms with Crippen LogP contribution in [0.5, 0.6) is 0 Å². The molecule has 0 saturated carbocycles. The van der Waals surface area contributed by atoms with E-state index < -0.39 is 23.2 Å². The van der Waals surface area contributed by atoms with Gasteiger partial charge in [0.15, 0.2) is 0 Å². The van der Waals surface area contributed by atoms with Crippen molar-refractivity contribution in [3.05, 3.63) is 36.2 Å². The quantitative estimate of drug-likeness (QED) is 0.363. The predicted molar refractivity (Wildman–Crippen MR) is 67.2 cm³/mol. The van der Waals surface area contributed by atoms with E-state index in [1.54, 1.807) is 26.4 Å². The number of hydrogen-bond donors (Lipinski definition) is 0. The average Bonchev–Trinajstić information content (AvgIpc) is 2.68. The Morgan fingerprint density at radius 2 is 1.12 bits per heavy atom. The fraction of sp³-hybridized carbons (Fsp3) is 0.333. The van der Waals surface area contributed by atoms with Crippen LogP contribution in [0.4, 0.5) is 0 Å². The third-order valence-electron chi connectivity index (χ3n) is 3.07. The van der Waals surface area contributed by atoms with Gasteiger partial charge in [-0.2, -0.15) is 0 Å². The van der Waals surface area contributed by atoms with Gasteiger partial charge in [0, 0.05) is 0 Å². The molecule has 2 atom stereocenters. The minimum atomic E-state index is -0.424. The molecule has 0 aromatic carbocycles. The molecule has 0 aromatic rings. The van der Waals surface area contributed by atoms with E-state index in [9.17, 15) is 0 Å². The molecule has 0 aliphatic carbocycles. The molecule has 2 rings (SSSR count). The van der Waals surface area contributed by atoms with Crippen LogP contribution in [0.1, 0.15) is 27.7 Å². The molecule has 0 amide bonds. The van der Waals surface area contributed by atoms with Crippen molar-refractivity contribution in [1.29, 1.82) is 0 Å². The van der Waals surface area contributed by atoms with Crippen molar-refractivity contribution < 1.29 is 48.0 Å². The van der Waals surface area contributed by atoms with Crippen LogP contribution in [-0.4, -0.2) is 31.5 Å². The summed E-state index contributed by atoms with van der Waals surface area (Å²) in [5, 5.41) is 0. The molecule has 2 aliphatic rings. The van der Waals surface area contributed by atoms with E-state index in [-0.39, 0.29) is 56.3 Å². The number of rotatable bonds is 2. The van der Waals surface area contributed by atoms with Gasteiger partial charge in [-0.15, -0.1) is 0 Å². The summed E-state index contributed by atoms with van der Waals surface area (Å²) in [6, 6.07) is 0. The first-order valence-corrected chi connectivity index (χ1v) is 12.1. The van der Waals surface area contributed by atoms with Crippen LogP contribution in [0.25, 0.3) is 0 Å². The first-order chi connectivity index (χ1) is 7.09. The van der Waals surface area contributed by atoms with Crippen molar-refractivity contribution in [2.75, 3.05) is 0 Å². The molecule has 0 fully saturated rings. The van der Waals surface area contributed by atoms with Gasteiger partial charge in [0.2, 0.25) is 0 Å². The smallest absolute Gasteiger partial charge is 1.00 e. The van der Waals surface area contributed by atoms with Gasteiger partial charge in [-0.25, -0.2) is 0 Å². The van der Waals surface area contributed by atoms with Crippen molar-refractivity contribution in [2.45, 2.75) is 27.7 Å². The summed E-state index contributed by atoms with van der Waals surface area (Å²) in [7, 11) is 0. The predicted octanol–water partition coefficient (Wildman–Crippen LogP) is -3.75. The number of allylic oxidation sites excluding steroid dienone is 6. The maximum atomic E-state index is 2.61. The van der Waals surface area contributed by atoms with Crippen LogP contribution in [-0.2, 0) is 23.2 Å². The zero-order chi connectivity index (χ0) is 11.0. The molecule has 17 heavy (non-hydrogen) atoms.